The minimum Gasteiger partial charge on any atom is -0.454 e. The molecule has 1 aromatic carbocycles. The van der Waals surface area contributed by atoms with Crippen molar-refractivity contribution in [1.82, 2.24) is 9.88 Å². The Hall–Kier alpha value is -2.76. The molecule has 3 heterocycles. The van der Waals surface area contributed by atoms with Gasteiger partial charge in [-0.3, -0.25) is 9.78 Å². The topological polar surface area (TPSA) is 54.9 Å². The first-order valence-electron chi connectivity index (χ1n) is 8.57. The molecule has 0 radical (unpaired) electrons. The van der Waals surface area contributed by atoms with Crippen LogP contribution in [0, 0.1) is 6.92 Å². The van der Waals surface area contributed by atoms with Crippen molar-refractivity contribution in [2.24, 2.45) is 0 Å². The van der Waals surface area contributed by atoms with E-state index in [9.17, 15) is 4.79 Å². The fraction of sp³-hybridized carbons (Fsp3) is 0.368. The minimum atomic E-state index is 0.0478. The molecule has 1 saturated heterocycles. The highest BCUT2D eigenvalue weighted by atomic mass is 16.7. The number of amides is 1. The minimum absolute atomic E-state index is 0.0478. The predicted molar refractivity (Wildman–Crippen MR) is 94.3 cm³/mol. The lowest BCUT2D eigenvalue weighted by Crippen LogP contribution is -2.35. The smallest absolute Gasteiger partial charge is 0.254 e. The highest BCUT2D eigenvalue weighted by Gasteiger charge is 2.23. The van der Waals surface area contributed by atoms with Gasteiger partial charge in [-0.15, -0.1) is 0 Å². The molecule has 0 spiro atoms. The van der Waals surface area contributed by atoms with Gasteiger partial charge in [0.05, 0.1) is 0 Å². The Balaban J connectivity index is 1.47. The lowest BCUT2D eigenvalue weighted by Gasteiger charge is -2.25. The zero-order chi connectivity index (χ0) is 17.2. The van der Waals surface area contributed by atoms with Gasteiger partial charge in [-0.2, -0.15) is 0 Å². The number of aryl methyl sites for hydroxylation is 1. The standard InChI is InChI=1S/C19H21N3O3/c1-14-12-20-6-5-16(14)21-7-2-8-22(10-9-21)19(23)15-3-4-17-18(11-15)25-13-24-17/h3-6,11-12H,2,7-10,13H2,1H3. The Morgan fingerprint density at radius 3 is 2.84 bits per heavy atom. The van der Waals surface area contributed by atoms with Crippen LogP contribution in [0.5, 0.6) is 11.5 Å². The van der Waals surface area contributed by atoms with E-state index in [0.29, 0.717) is 23.6 Å². The van der Waals surface area contributed by atoms with Crippen molar-refractivity contribution in [2.45, 2.75) is 13.3 Å². The number of ether oxygens (including phenoxy) is 2. The van der Waals surface area contributed by atoms with Gasteiger partial charge in [0, 0.05) is 49.8 Å². The summed E-state index contributed by atoms with van der Waals surface area (Å²) in [6, 6.07) is 7.44. The molecule has 6 heteroatoms. The quantitative estimate of drug-likeness (QED) is 0.841. The van der Waals surface area contributed by atoms with Crippen molar-refractivity contribution < 1.29 is 14.3 Å². The van der Waals surface area contributed by atoms with E-state index in [1.165, 1.54) is 5.69 Å². The van der Waals surface area contributed by atoms with Gasteiger partial charge in [-0.1, -0.05) is 0 Å². The van der Waals surface area contributed by atoms with Crippen LogP contribution >= 0.6 is 0 Å². The van der Waals surface area contributed by atoms with E-state index in [4.69, 9.17) is 9.47 Å². The SMILES string of the molecule is Cc1cnccc1N1CCCN(C(=O)c2ccc3c(c2)OCO3)CC1. The molecule has 6 nitrogen and oxygen atoms in total. The molecule has 4 rings (SSSR count). The van der Waals surface area contributed by atoms with E-state index in [1.807, 2.05) is 29.4 Å². The molecule has 2 aromatic rings. The molecule has 0 N–H and O–H groups in total. The van der Waals surface area contributed by atoms with E-state index in [2.05, 4.69) is 16.8 Å². The average molecular weight is 339 g/mol. The first-order valence-corrected chi connectivity index (χ1v) is 8.57. The number of rotatable bonds is 2. The van der Waals surface area contributed by atoms with Gasteiger partial charge >= 0.3 is 0 Å². The summed E-state index contributed by atoms with van der Waals surface area (Å²) in [4.78, 5) is 21.3. The number of hydrogen-bond donors (Lipinski definition) is 0. The third-order valence-corrected chi connectivity index (χ3v) is 4.73. The molecule has 25 heavy (non-hydrogen) atoms. The fourth-order valence-corrected chi connectivity index (χ4v) is 3.39. The van der Waals surface area contributed by atoms with E-state index in [1.54, 1.807) is 12.1 Å². The van der Waals surface area contributed by atoms with E-state index >= 15 is 0 Å². The van der Waals surface area contributed by atoms with E-state index in [-0.39, 0.29) is 12.7 Å². The molecular weight excluding hydrogens is 318 g/mol. The largest absolute Gasteiger partial charge is 0.454 e. The second-order valence-electron chi connectivity index (χ2n) is 6.36. The van der Waals surface area contributed by atoms with Crippen LogP contribution in [0.1, 0.15) is 22.3 Å². The van der Waals surface area contributed by atoms with Crippen LogP contribution in [0.2, 0.25) is 0 Å². The highest BCUT2D eigenvalue weighted by molar-refractivity contribution is 5.95. The third kappa shape index (κ3) is 3.12. The molecule has 0 aliphatic carbocycles. The Morgan fingerprint density at radius 1 is 1.08 bits per heavy atom. The molecule has 1 aromatic heterocycles. The second-order valence-corrected chi connectivity index (χ2v) is 6.36. The first-order chi connectivity index (χ1) is 12.2. The summed E-state index contributed by atoms with van der Waals surface area (Å²) in [5.74, 6) is 1.40. The molecule has 130 valence electrons. The lowest BCUT2D eigenvalue weighted by atomic mass is 10.1. The van der Waals surface area contributed by atoms with Gasteiger partial charge in [0.2, 0.25) is 6.79 Å². The molecule has 2 aliphatic rings. The summed E-state index contributed by atoms with van der Waals surface area (Å²) in [6.07, 6.45) is 4.65. The highest BCUT2D eigenvalue weighted by Crippen LogP contribution is 2.33. The predicted octanol–water partition coefficient (Wildman–Crippen LogP) is 2.47. The van der Waals surface area contributed by atoms with Crippen LogP contribution in [0.25, 0.3) is 0 Å². The lowest BCUT2D eigenvalue weighted by molar-refractivity contribution is 0.0766. The third-order valence-electron chi connectivity index (χ3n) is 4.73. The Labute approximate surface area is 147 Å². The molecule has 1 fully saturated rings. The molecule has 1 amide bonds. The van der Waals surface area contributed by atoms with Gasteiger partial charge in [-0.05, 0) is 43.2 Å². The van der Waals surface area contributed by atoms with Gasteiger partial charge in [0.25, 0.3) is 5.91 Å². The molecule has 0 atom stereocenters. The number of anilines is 1. The maximum atomic E-state index is 12.9. The van der Waals surface area contributed by atoms with Crippen LogP contribution < -0.4 is 14.4 Å². The van der Waals surface area contributed by atoms with Crippen molar-refractivity contribution in [3.63, 3.8) is 0 Å². The summed E-state index contributed by atoms with van der Waals surface area (Å²) in [6.45, 7) is 5.51. The number of carbonyl (C=O) groups excluding carboxylic acids is 1. The van der Waals surface area contributed by atoms with Crippen molar-refractivity contribution in [3.05, 3.63) is 47.8 Å². The summed E-state index contributed by atoms with van der Waals surface area (Å²) in [5.41, 5.74) is 3.02. The Bertz CT molecular complexity index is 793. The van der Waals surface area contributed by atoms with Crippen LogP contribution in [-0.4, -0.2) is 48.8 Å². The Kier molecular flexibility index (Phi) is 4.17. The maximum Gasteiger partial charge on any atom is 0.254 e. The van der Waals surface area contributed by atoms with Gasteiger partial charge in [0.15, 0.2) is 11.5 Å². The fourth-order valence-electron chi connectivity index (χ4n) is 3.39. The van der Waals surface area contributed by atoms with E-state index < -0.39 is 0 Å². The molecule has 0 unspecified atom stereocenters. The molecule has 0 saturated carbocycles. The van der Waals surface area contributed by atoms with Gasteiger partial charge < -0.3 is 19.3 Å². The number of pyridine rings is 1. The number of benzene rings is 1. The number of nitrogens with zero attached hydrogens (tertiary/aromatic N) is 3. The number of carbonyl (C=O) groups is 1. The van der Waals surface area contributed by atoms with Crippen LogP contribution in [0.4, 0.5) is 5.69 Å². The molecule has 2 aliphatic heterocycles. The number of hydrogen-bond acceptors (Lipinski definition) is 5. The average Bonchev–Trinajstić information content (AvgIpc) is 2.97. The number of fused-ring (bicyclic) bond motifs is 1. The molecule has 0 bridgehead atoms. The summed E-state index contributed by atoms with van der Waals surface area (Å²) in [7, 11) is 0. The summed E-state index contributed by atoms with van der Waals surface area (Å²) < 4.78 is 10.7. The summed E-state index contributed by atoms with van der Waals surface area (Å²) >= 11 is 0. The number of aromatic nitrogens is 1. The first kappa shape index (κ1) is 15.7. The normalized spacial score (nSPS) is 16.7. The zero-order valence-corrected chi connectivity index (χ0v) is 14.3. The monoisotopic (exact) mass is 339 g/mol. The maximum absolute atomic E-state index is 12.9. The molecular formula is C19H21N3O3. The van der Waals surface area contributed by atoms with Crippen molar-refractivity contribution in [2.75, 3.05) is 37.9 Å². The van der Waals surface area contributed by atoms with Gasteiger partial charge in [-0.25, -0.2) is 0 Å². The van der Waals surface area contributed by atoms with Crippen molar-refractivity contribution in [3.8, 4) is 11.5 Å². The van der Waals surface area contributed by atoms with E-state index in [0.717, 1.165) is 31.6 Å². The van der Waals surface area contributed by atoms with Crippen molar-refractivity contribution >= 4 is 11.6 Å². The second kappa shape index (κ2) is 6.63. The van der Waals surface area contributed by atoms with Crippen LogP contribution in [0.15, 0.2) is 36.7 Å². The van der Waals surface area contributed by atoms with Gasteiger partial charge in [0.1, 0.15) is 0 Å². The Morgan fingerprint density at radius 2 is 1.96 bits per heavy atom. The van der Waals surface area contributed by atoms with Crippen molar-refractivity contribution in [1.29, 1.82) is 0 Å². The zero-order valence-electron chi connectivity index (χ0n) is 14.3. The summed E-state index contributed by atoms with van der Waals surface area (Å²) in [5, 5.41) is 0. The van der Waals surface area contributed by atoms with Crippen LogP contribution in [-0.2, 0) is 0 Å². The van der Waals surface area contributed by atoms with Crippen LogP contribution in [0.3, 0.4) is 0 Å².